The number of carbonyl (C=O) groups excluding carboxylic acids is 3. The first-order chi connectivity index (χ1) is 16.9. The number of anilines is 4. The highest BCUT2D eigenvalue weighted by molar-refractivity contribution is 6.15. The van der Waals surface area contributed by atoms with Crippen LogP contribution in [0.2, 0.25) is 0 Å². The van der Waals surface area contributed by atoms with Crippen molar-refractivity contribution in [2.45, 2.75) is 20.8 Å². The monoisotopic (exact) mass is 472 g/mol. The molecule has 1 aliphatic rings. The third kappa shape index (κ3) is 5.27. The maximum atomic E-state index is 13.1. The maximum Gasteiger partial charge on any atom is 0.326 e. The Kier molecular flexibility index (Phi) is 7.01. The molecule has 0 fully saturated rings. The predicted molar refractivity (Wildman–Crippen MR) is 137 cm³/mol. The molecule has 35 heavy (non-hydrogen) atoms. The lowest BCUT2D eigenvalue weighted by Gasteiger charge is -2.35. The molecular weight excluding hydrogens is 444 g/mol. The van der Waals surface area contributed by atoms with Gasteiger partial charge in [0.1, 0.15) is 18.8 Å². The molecular formula is C27H28N4O4. The van der Waals surface area contributed by atoms with Crippen molar-refractivity contribution in [3.05, 3.63) is 77.9 Å². The average Bonchev–Trinajstić information content (AvgIpc) is 2.85. The Bertz CT molecular complexity index is 1260. The molecule has 4 amide bonds. The molecule has 180 valence electrons. The fourth-order valence-corrected chi connectivity index (χ4v) is 3.93. The van der Waals surface area contributed by atoms with Crippen LogP contribution in [0.5, 0.6) is 5.75 Å². The van der Waals surface area contributed by atoms with Gasteiger partial charge in [0.25, 0.3) is 0 Å². The van der Waals surface area contributed by atoms with Crippen molar-refractivity contribution in [1.82, 2.24) is 0 Å². The van der Waals surface area contributed by atoms with Gasteiger partial charge in [-0.3, -0.25) is 19.4 Å². The van der Waals surface area contributed by atoms with Gasteiger partial charge in [-0.2, -0.15) is 0 Å². The first-order valence-corrected chi connectivity index (χ1v) is 11.4. The second-order valence-corrected chi connectivity index (χ2v) is 8.24. The summed E-state index contributed by atoms with van der Waals surface area (Å²) >= 11 is 0. The molecule has 0 spiro atoms. The van der Waals surface area contributed by atoms with E-state index in [9.17, 15) is 14.4 Å². The normalized spacial score (nSPS) is 12.7. The number of carbonyl (C=O) groups is 3. The van der Waals surface area contributed by atoms with Crippen LogP contribution in [0, 0.1) is 13.8 Å². The molecule has 8 heteroatoms. The SMILES string of the molecule is CCOc1ccc(NC(=O)N2CC(=O)N(CC(=O)Nc3cccc(C)c3C)c3ccccc32)cc1. The molecule has 1 aliphatic heterocycles. The van der Waals surface area contributed by atoms with E-state index in [-0.39, 0.29) is 24.9 Å². The quantitative estimate of drug-likeness (QED) is 0.543. The minimum absolute atomic E-state index is 0.155. The van der Waals surface area contributed by atoms with Crippen LogP contribution in [0.1, 0.15) is 18.1 Å². The minimum Gasteiger partial charge on any atom is -0.494 e. The number of amides is 4. The van der Waals surface area contributed by atoms with E-state index in [1.165, 1.54) is 9.80 Å². The number of urea groups is 1. The van der Waals surface area contributed by atoms with Crippen LogP contribution < -0.4 is 25.2 Å². The summed E-state index contributed by atoms with van der Waals surface area (Å²) in [4.78, 5) is 41.7. The van der Waals surface area contributed by atoms with Crippen LogP contribution in [0.3, 0.4) is 0 Å². The molecule has 1 heterocycles. The van der Waals surface area contributed by atoms with Gasteiger partial charge in [-0.1, -0.05) is 24.3 Å². The first-order valence-electron chi connectivity index (χ1n) is 11.4. The van der Waals surface area contributed by atoms with Gasteiger partial charge < -0.3 is 15.4 Å². The fourth-order valence-electron chi connectivity index (χ4n) is 3.93. The number of para-hydroxylation sites is 2. The topological polar surface area (TPSA) is 91.0 Å². The van der Waals surface area contributed by atoms with Crippen LogP contribution in [0.15, 0.2) is 66.7 Å². The van der Waals surface area contributed by atoms with Crippen molar-refractivity contribution in [3.63, 3.8) is 0 Å². The lowest BCUT2D eigenvalue weighted by atomic mass is 10.1. The van der Waals surface area contributed by atoms with Gasteiger partial charge in [-0.05, 0) is 74.4 Å². The van der Waals surface area contributed by atoms with Crippen molar-refractivity contribution in [2.24, 2.45) is 0 Å². The summed E-state index contributed by atoms with van der Waals surface area (Å²) in [5.41, 5.74) is 4.39. The Morgan fingerprint density at radius 3 is 2.34 bits per heavy atom. The Hall–Kier alpha value is -4.33. The third-order valence-corrected chi connectivity index (χ3v) is 5.90. The van der Waals surface area contributed by atoms with E-state index in [1.54, 1.807) is 48.5 Å². The summed E-state index contributed by atoms with van der Waals surface area (Å²) < 4.78 is 5.43. The highest BCUT2D eigenvalue weighted by atomic mass is 16.5. The zero-order chi connectivity index (χ0) is 24.9. The Balaban J connectivity index is 1.50. The molecule has 0 unspecified atom stereocenters. The molecule has 0 aromatic heterocycles. The zero-order valence-corrected chi connectivity index (χ0v) is 20.0. The molecule has 2 N–H and O–H groups in total. The Labute approximate surface area is 204 Å². The zero-order valence-electron chi connectivity index (χ0n) is 20.0. The van der Waals surface area contributed by atoms with Gasteiger partial charge in [-0.15, -0.1) is 0 Å². The Morgan fingerprint density at radius 2 is 1.63 bits per heavy atom. The number of nitrogens with zero attached hydrogens (tertiary/aromatic N) is 2. The molecule has 0 aliphatic carbocycles. The van der Waals surface area contributed by atoms with E-state index >= 15 is 0 Å². The average molecular weight is 473 g/mol. The molecule has 0 radical (unpaired) electrons. The predicted octanol–water partition coefficient (Wildman–Crippen LogP) is 4.73. The second-order valence-electron chi connectivity index (χ2n) is 8.24. The number of ether oxygens (including phenoxy) is 1. The van der Waals surface area contributed by atoms with Crippen LogP contribution in [-0.2, 0) is 9.59 Å². The summed E-state index contributed by atoms with van der Waals surface area (Å²) in [5, 5.41) is 5.72. The number of fused-ring (bicyclic) bond motifs is 1. The number of benzene rings is 3. The molecule has 3 aromatic carbocycles. The third-order valence-electron chi connectivity index (χ3n) is 5.90. The van der Waals surface area contributed by atoms with E-state index in [0.29, 0.717) is 35.1 Å². The van der Waals surface area contributed by atoms with E-state index in [4.69, 9.17) is 4.74 Å². The number of hydrogen-bond acceptors (Lipinski definition) is 4. The van der Waals surface area contributed by atoms with Crippen molar-refractivity contribution in [2.75, 3.05) is 40.1 Å². The number of hydrogen-bond donors (Lipinski definition) is 2. The number of aryl methyl sites for hydroxylation is 1. The van der Waals surface area contributed by atoms with Crippen LogP contribution >= 0.6 is 0 Å². The smallest absolute Gasteiger partial charge is 0.326 e. The first kappa shape index (κ1) is 23.8. The molecule has 3 aromatic rings. The highest BCUT2D eigenvalue weighted by Gasteiger charge is 2.33. The van der Waals surface area contributed by atoms with Crippen molar-refractivity contribution in [3.8, 4) is 5.75 Å². The van der Waals surface area contributed by atoms with Gasteiger partial charge in [0.05, 0.1) is 18.0 Å². The van der Waals surface area contributed by atoms with Crippen molar-refractivity contribution < 1.29 is 19.1 Å². The molecule has 0 saturated heterocycles. The summed E-state index contributed by atoms with van der Waals surface area (Å²) in [7, 11) is 0. The molecule has 0 saturated carbocycles. The fraction of sp³-hybridized carbons (Fsp3) is 0.222. The van der Waals surface area contributed by atoms with E-state index in [0.717, 1.165) is 11.1 Å². The maximum absolute atomic E-state index is 13.1. The second kappa shape index (κ2) is 10.3. The Morgan fingerprint density at radius 1 is 0.914 bits per heavy atom. The van der Waals surface area contributed by atoms with Crippen molar-refractivity contribution >= 4 is 40.6 Å². The number of nitrogens with one attached hydrogen (secondary N) is 2. The van der Waals surface area contributed by atoms with E-state index < -0.39 is 6.03 Å². The summed E-state index contributed by atoms with van der Waals surface area (Å²) in [6.07, 6.45) is 0. The van der Waals surface area contributed by atoms with Crippen LogP contribution in [0.25, 0.3) is 0 Å². The largest absolute Gasteiger partial charge is 0.494 e. The summed E-state index contributed by atoms with van der Waals surface area (Å²) in [5.74, 6) is 0.0505. The summed E-state index contributed by atoms with van der Waals surface area (Å²) in [6, 6.07) is 19.3. The van der Waals surface area contributed by atoms with E-state index in [2.05, 4.69) is 10.6 Å². The molecule has 4 rings (SSSR count). The van der Waals surface area contributed by atoms with Crippen LogP contribution in [0.4, 0.5) is 27.5 Å². The van der Waals surface area contributed by atoms with E-state index in [1.807, 2.05) is 39.0 Å². The number of rotatable bonds is 6. The van der Waals surface area contributed by atoms with Gasteiger partial charge in [0, 0.05) is 11.4 Å². The lowest BCUT2D eigenvalue weighted by Crippen LogP contribution is -2.51. The molecule has 8 nitrogen and oxygen atoms in total. The minimum atomic E-state index is -0.436. The highest BCUT2D eigenvalue weighted by Crippen LogP contribution is 2.34. The van der Waals surface area contributed by atoms with Gasteiger partial charge >= 0.3 is 6.03 Å². The van der Waals surface area contributed by atoms with Crippen molar-refractivity contribution in [1.29, 1.82) is 0 Å². The lowest BCUT2D eigenvalue weighted by molar-refractivity contribution is -0.120. The van der Waals surface area contributed by atoms with Gasteiger partial charge in [0.2, 0.25) is 11.8 Å². The van der Waals surface area contributed by atoms with Gasteiger partial charge in [0.15, 0.2) is 0 Å². The van der Waals surface area contributed by atoms with Crippen LogP contribution in [-0.4, -0.2) is 37.5 Å². The molecule has 0 bridgehead atoms. The standard InChI is InChI=1S/C27H28N4O4/c1-4-35-21-14-12-20(13-15-21)28-27(34)31-17-26(33)30(23-10-5-6-11-24(23)31)16-25(32)29-22-9-7-8-18(2)19(22)3/h5-15H,4,16-17H2,1-3H3,(H,28,34)(H,29,32). The molecule has 0 atom stereocenters. The van der Waals surface area contributed by atoms with Gasteiger partial charge in [-0.25, -0.2) is 4.79 Å². The summed E-state index contributed by atoms with van der Waals surface area (Å²) in [6.45, 7) is 6.03.